The van der Waals surface area contributed by atoms with Crippen LogP contribution in [-0.2, 0) is 14.9 Å². The zero-order chi connectivity index (χ0) is 18.2. The molecule has 0 aliphatic heterocycles. The van der Waals surface area contributed by atoms with Gasteiger partial charge in [0.25, 0.3) is 6.10 Å². The van der Waals surface area contributed by atoms with Gasteiger partial charge in [-0.15, -0.1) is 0 Å². The van der Waals surface area contributed by atoms with Gasteiger partial charge >= 0.3 is 17.4 Å². The van der Waals surface area contributed by atoms with E-state index in [1.54, 1.807) is 22.6 Å². The van der Waals surface area contributed by atoms with Gasteiger partial charge in [-0.05, 0) is 40.8 Å². The average Bonchev–Trinajstić information content (AvgIpc) is 2.32. The minimum absolute atomic E-state index is 0.358. The topological polar surface area (TPSA) is 104 Å². The largest absolute Gasteiger partial charge is 0.743 e. The third kappa shape index (κ3) is 4.41. The van der Waals surface area contributed by atoms with Crippen molar-refractivity contribution in [2.75, 3.05) is 0 Å². The van der Waals surface area contributed by atoms with Crippen LogP contribution in [0.4, 0.5) is 22.0 Å². The standard InChI is InChI=1S/C10H6F5IO6S/c11-9(12,13)8(10(14,15)23(19,20)21)22-7(18)5-2-1-4(16)3-6(5)17/h1-3,8,17H,(H,19,20,21)/p-1. The number of phenols is 1. The lowest BCUT2D eigenvalue weighted by atomic mass is 10.2. The molecular formula is C10H5F5IO6S-. The minimum atomic E-state index is -6.77. The third-order valence-corrected chi connectivity index (χ3v) is 3.89. The van der Waals surface area contributed by atoms with Crippen LogP contribution in [0.15, 0.2) is 18.2 Å². The molecule has 1 aromatic carbocycles. The van der Waals surface area contributed by atoms with Crippen molar-refractivity contribution in [1.29, 1.82) is 0 Å². The molecule has 1 aromatic rings. The third-order valence-electron chi connectivity index (χ3n) is 2.34. The lowest BCUT2D eigenvalue weighted by Gasteiger charge is -2.29. The number of carbonyl (C=O) groups excluding carboxylic acids is 1. The van der Waals surface area contributed by atoms with E-state index >= 15 is 0 Å². The predicted molar refractivity (Wildman–Crippen MR) is 70.7 cm³/mol. The highest BCUT2D eigenvalue weighted by molar-refractivity contribution is 14.1. The van der Waals surface area contributed by atoms with Crippen LogP contribution in [-0.4, -0.2) is 41.6 Å². The van der Waals surface area contributed by atoms with Crippen LogP contribution >= 0.6 is 22.6 Å². The molecular weight excluding hydrogens is 470 g/mol. The molecule has 0 aromatic heterocycles. The first-order valence-corrected chi connectivity index (χ1v) is 7.76. The van der Waals surface area contributed by atoms with E-state index in [1.807, 2.05) is 0 Å². The fraction of sp³-hybridized carbons (Fsp3) is 0.300. The first-order valence-electron chi connectivity index (χ1n) is 5.27. The number of carbonyl (C=O) groups is 1. The fourth-order valence-electron chi connectivity index (χ4n) is 1.30. The second kappa shape index (κ2) is 6.35. The Morgan fingerprint density at radius 1 is 1.26 bits per heavy atom. The number of hydrogen-bond donors (Lipinski definition) is 1. The molecule has 0 radical (unpaired) electrons. The molecule has 13 heteroatoms. The Morgan fingerprint density at radius 2 is 1.78 bits per heavy atom. The smallest absolute Gasteiger partial charge is 0.432 e. The SMILES string of the molecule is O=C(OC(C(F)(F)F)C(F)(F)S(=O)(=O)[O-])c1ccc(I)cc1O. The second-order valence-corrected chi connectivity index (χ2v) is 6.70. The van der Waals surface area contributed by atoms with Crippen molar-refractivity contribution in [3.8, 4) is 5.75 Å². The Morgan fingerprint density at radius 3 is 2.17 bits per heavy atom. The molecule has 0 aliphatic rings. The van der Waals surface area contributed by atoms with Crippen molar-refractivity contribution in [3.63, 3.8) is 0 Å². The highest BCUT2D eigenvalue weighted by atomic mass is 127. The lowest BCUT2D eigenvalue weighted by Crippen LogP contribution is -2.52. The van der Waals surface area contributed by atoms with Crippen molar-refractivity contribution >= 4 is 38.7 Å². The first kappa shape index (κ1) is 19.8. The van der Waals surface area contributed by atoms with Crippen molar-refractivity contribution in [1.82, 2.24) is 0 Å². The van der Waals surface area contributed by atoms with Gasteiger partial charge in [-0.25, -0.2) is 13.2 Å². The van der Waals surface area contributed by atoms with Crippen LogP contribution in [0.2, 0.25) is 0 Å². The van der Waals surface area contributed by atoms with E-state index in [4.69, 9.17) is 0 Å². The summed E-state index contributed by atoms with van der Waals surface area (Å²) in [6.07, 6.45) is -10.6. The summed E-state index contributed by atoms with van der Waals surface area (Å²) in [4.78, 5) is 11.5. The normalized spacial score (nSPS) is 14.4. The van der Waals surface area contributed by atoms with Gasteiger partial charge in [0, 0.05) is 3.57 Å². The van der Waals surface area contributed by atoms with Gasteiger partial charge in [0.1, 0.15) is 11.3 Å². The van der Waals surface area contributed by atoms with E-state index in [-0.39, 0.29) is 0 Å². The lowest BCUT2D eigenvalue weighted by molar-refractivity contribution is -0.248. The van der Waals surface area contributed by atoms with E-state index in [0.717, 1.165) is 18.2 Å². The van der Waals surface area contributed by atoms with Crippen molar-refractivity contribution in [3.05, 3.63) is 27.3 Å². The van der Waals surface area contributed by atoms with E-state index < -0.39 is 44.9 Å². The molecule has 0 saturated carbocycles. The maximum absolute atomic E-state index is 13.2. The fourth-order valence-corrected chi connectivity index (χ4v) is 2.22. The number of esters is 1. The molecule has 6 nitrogen and oxygen atoms in total. The number of phenolic OH excluding ortho intramolecular Hbond substituents is 1. The molecule has 1 rings (SSSR count). The number of aromatic hydroxyl groups is 1. The van der Waals surface area contributed by atoms with Gasteiger partial charge in [0.2, 0.25) is 0 Å². The number of alkyl halides is 5. The average molecular weight is 475 g/mol. The summed E-state index contributed by atoms with van der Waals surface area (Å²) in [5, 5.41) is 3.44. The van der Waals surface area contributed by atoms with Gasteiger partial charge < -0.3 is 14.4 Å². The number of benzene rings is 1. The first-order chi connectivity index (χ1) is 10.2. The zero-order valence-corrected chi connectivity index (χ0v) is 13.4. The quantitative estimate of drug-likeness (QED) is 0.310. The molecule has 0 aliphatic carbocycles. The van der Waals surface area contributed by atoms with E-state index in [2.05, 4.69) is 4.74 Å². The molecule has 0 saturated heterocycles. The number of ether oxygens (including phenoxy) is 1. The highest BCUT2D eigenvalue weighted by Crippen LogP contribution is 2.38. The maximum atomic E-state index is 13.2. The van der Waals surface area contributed by atoms with E-state index in [1.165, 1.54) is 0 Å². The Bertz CT molecular complexity index is 717. The van der Waals surface area contributed by atoms with Gasteiger partial charge in [0.05, 0.1) is 0 Å². The van der Waals surface area contributed by atoms with Crippen molar-refractivity contribution < 1.29 is 49.6 Å². The molecule has 1 atom stereocenters. The predicted octanol–water partition coefficient (Wildman–Crippen LogP) is 2.22. The van der Waals surface area contributed by atoms with Crippen LogP contribution in [0.1, 0.15) is 10.4 Å². The van der Waals surface area contributed by atoms with Gasteiger partial charge in [0.15, 0.2) is 10.1 Å². The molecule has 1 unspecified atom stereocenters. The minimum Gasteiger partial charge on any atom is -0.743 e. The van der Waals surface area contributed by atoms with Crippen LogP contribution in [0, 0.1) is 3.57 Å². The number of rotatable bonds is 4. The van der Waals surface area contributed by atoms with Crippen LogP contribution in [0.3, 0.4) is 0 Å². The molecule has 130 valence electrons. The van der Waals surface area contributed by atoms with Crippen molar-refractivity contribution in [2.24, 2.45) is 0 Å². The number of hydrogen-bond acceptors (Lipinski definition) is 6. The van der Waals surface area contributed by atoms with Gasteiger partial charge in [-0.3, -0.25) is 0 Å². The highest BCUT2D eigenvalue weighted by Gasteiger charge is 2.63. The van der Waals surface area contributed by atoms with Gasteiger partial charge in [-0.1, -0.05) is 0 Å². The number of halogens is 6. The Hall–Kier alpha value is -1.22. The maximum Gasteiger partial charge on any atom is 0.432 e. The Kier molecular flexibility index (Phi) is 5.47. The van der Waals surface area contributed by atoms with E-state index in [9.17, 15) is 44.8 Å². The zero-order valence-electron chi connectivity index (χ0n) is 10.5. The van der Waals surface area contributed by atoms with Crippen LogP contribution in [0.5, 0.6) is 5.75 Å². The summed E-state index contributed by atoms with van der Waals surface area (Å²) in [5.74, 6) is -2.96. The second-order valence-electron chi connectivity index (χ2n) is 4.00. The summed E-state index contributed by atoms with van der Waals surface area (Å²) in [6, 6.07) is 2.83. The monoisotopic (exact) mass is 475 g/mol. The van der Waals surface area contributed by atoms with Gasteiger partial charge in [-0.2, -0.15) is 22.0 Å². The molecule has 0 heterocycles. The summed E-state index contributed by atoms with van der Waals surface area (Å²) >= 11 is 1.67. The van der Waals surface area contributed by atoms with Crippen LogP contribution in [0.25, 0.3) is 0 Å². The molecule has 0 fully saturated rings. The summed E-state index contributed by atoms with van der Waals surface area (Å²) in [7, 11) is -6.77. The van der Waals surface area contributed by atoms with E-state index in [0.29, 0.717) is 3.57 Å². The Labute approximate surface area is 139 Å². The summed E-state index contributed by atoms with van der Waals surface area (Å²) in [5.41, 5.74) is -0.918. The molecule has 23 heavy (non-hydrogen) atoms. The van der Waals surface area contributed by atoms with Crippen LogP contribution < -0.4 is 0 Å². The molecule has 0 bridgehead atoms. The summed E-state index contributed by atoms with van der Waals surface area (Å²) in [6.45, 7) is 0. The van der Waals surface area contributed by atoms with Crippen molar-refractivity contribution in [2.45, 2.75) is 17.5 Å². The molecule has 1 N–H and O–H groups in total. The molecule has 0 amide bonds. The molecule has 0 spiro atoms. The Balaban J connectivity index is 3.25. The summed E-state index contributed by atoms with van der Waals surface area (Å²) < 4.78 is 98.8.